The molecule has 0 aromatic heterocycles. The van der Waals surface area contributed by atoms with Crippen LogP contribution in [0.2, 0.25) is 0 Å². The summed E-state index contributed by atoms with van der Waals surface area (Å²) in [4.78, 5) is 45.5. The molecule has 0 radical (unpaired) electrons. The first-order valence-electron chi connectivity index (χ1n) is 7.34. The van der Waals surface area contributed by atoms with E-state index in [4.69, 9.17) is 15.2 Å². The molecule has 0 fully saturated rings. The molecule has 12 heteroatoms. The molecule has 1 aromatic rings. The number of urea groups is 1. The number of carbonyl (C=O) groups is 4. The fraction of sp³-hybridized carbons (Fsp3) is 0.333. The number of esters is 1. The number of primary amides is 1. The molecule has 27 heavy (non-hydrogen) atoms. The lowest BCUT2D eigenvalue weighted by Crippen LogP contribution is -2.43. The molecule has 1 aromatic carbocycles. The molecule has 0 heterocycles. The molecule has 1 atom stereocenters. The SMILES string of the molecule is COc1cc(C(=O)NCC(=O)O[C@@H](C)C(=O)NC(N)=O)ccc1OC(F)F. The Kier molecular flexibility index (Phi) is 7.91. The Bertz CT molecular complexity index is 727. The van der Waals surface area contributed by atoms with Crippen LogP contribution in [0.4, 0.5) is 13.6 Å². The second kappa shape index (κ2) is 9.89. The lowest BCUT2D eigenvalue weighted by atomic mass is 10.2. The van der Waals surface area contributed by atoms with Crippen molar-refractivity contribution in [2.75, 3.05) is 13.7 Å². The van der Waals surface area contributed by atoms with E-state index in [0.717, 1.165) is 12.1 Å². The molecule has 0 aliphatic heterocycles. The van der Waals surface area contributed by atoms with Crippen LogP contribution in [-0.2, 0) is 14.3 Å². The molecular formula is C15H17F2N3O7. The predicted octanol–water partition coefficient (Wildman–Crippen LogP) is 0.153. The van der Waals surface area contributed by atoms with E-state index < -0.39 is 43.1 Å². The van der Waals surface area contributed by atoms with Crippen LogP contribution in [0.3, 0.4) is 0 Å². The fourth-order valence-electron chi connectivity index (χ4n) is 1.77. The van der Waals surface area contributed by atoms with Crippen molar-refractivity contribution in [1.29, 1.82) is 0 Å². The molecule has 0 bridgehead atoms. The van der Waals surface area contributed by atoms with Gasteiger partial charge in [0.2, 0.25) is 0 Å². The number of alkyl halides is 2. The van der Waals surface area contributed by atoms with Crippen molar-refractivity contribution >= 4 is 23.8 Å². The van der Waals surface area contributed by atoms with Crippen molar-refractivity contribution in [1.82, 2.24) is 10.6 Å². The molecule has 0 saturated carbocycles. The number of amides is 4. The van der Waals surface area contributed by atoms with Gasteiger partial charge in [0.1, 0.15) is 6.54 Å². The molecule has 4 amide bonds. The van der Waals surface area contributed by atoms with E-state index in [1.807, 2.05) is 0 Å². The van der Waals surface area contributed by atoms with Gasteiger partial charge in [-0.3, -0.25) is 19.7 Å². The highest BCUT2D eigenvalue weighted by Gasteiger charge is 2.20. The van der Waals surface area contributed by atoms with Gasteiger partial charge in [-0.2, -0.15) is 8.78 Å². The summed E-state index contributed by atoms with van der Waals surface area (Å²) < 4.78 is 38.3. The van der Waals surface area contributed by atoms with Gasteiger partial charge in [-0.1, -0.05) is 0 Å². The van der Waals surface area contributed by atoms with E-state index in [1.54, 1.807) is 5.32 Å². The van der Waals surface area contributed by atoms with Crippen LogP contribution in [0.1, 0.15) is 17.3 Å². The summed E-state index contributed by atoms with van der Waals surface area (Å²) in [6.45, 7) is -2.46. The minimum Gasteiger partial charge on any atom is -0.493 e. The van der Waals surface area contributed by atoms with Crippen LogP contribution >= 0.6 is 0 Å². The van der Waals surface area contributed by atoms with Crippen LogP contribution in [0, 0.1) is 0 Å². The van der Waals surface area contributed by atoms with E-state index >= 15 is 0 Å². The third kappa shape index (κ3) is 7.13. The Morgan fingerprint density at radius 1 is 1.19 bits per heavy atom. The average Bonchev–Trinajstić information content (AvgIpc) is 2.58. The smallest absolute Gasteiger partial charge is 0.387 e. The van der Waals surface area contributed by atoms with Crippen LogP contribution in [-0.4, -0.2) is 50.2 Å². The van der Waals surface area contributed by atoms with Crippen molar-refractivity contribution in [2.45, 2.75) is 19.6 Å². The minimum absolute atomic E-state index is 0.000728. The summed E-state index contributed by atoms with van der Waals surface area (Å²) in [6, 6.07) is 2.32. The van der Waals surface area contributed by atoms with E-state index in [0.29, 0.717) is 0 Å². The largest absolute Gasteiger partial charge is 0.493 e. The molecule has 0 aliphatic rings. The number of imide groups is 1. The predicted molar refractivity (Wildman–Crippen MR) is 85.2 cm³/mol. The van der Waals surface area contributed by atoms with Gasteiger partial charge in [0.25, 0.3) is 11.8 Å². The van der Waals surface area contributed by atoms with E-state index in [-0.39, 0.29) is 17.1 Å². The van der Waals surface area contributed by atoms with Crippen LogP contribution in [0.25, 0.3) is 0 Å². The maximum Gasteiger partial charge on any atom is 0.387 e. The highest BCUT2D eigenvalue weighted by molar-refractivity contribution is 5.98. The molecule has 0 spiro atoms. The van der Waals surface area contributed by atoms with E-state index in [9.17, 15) is 28.0 Å². The Morgan fingerprint density at radius 2 is 1.85 bits per heavy atom. The number of ether oxygens (including phenoxy) is 3. The first kappa shape index (κ1) is 21.6. The van der Waals surface area contributed by atoms with Gasteiger partial charge >= 0.3 is 18.6 Å². The third-order valence-corrected chi connectivity index (χ3v) is 2.96. The number of nitrogens with one attached hydrogen (secondary N) is 2. The van der Waals surface area contributed by atoms with Gasteiger partial charge in [-0.05, 0) is 25.1 Å². The number of benzene rings is 1. The van der Waals surface area contributed by atoms with Crippen LogP contribution < -0.4 is 25.8 Å². The van der Waals surface area contributed by atoms with Crippen LogP contribution in [0.15, 0.2) is 18.2 Å². The van der Waals surface area contributed by atoms with Crippen molar-refractivity contribution in [2.24, 2.45) is 5.73 Å². The van der Waals surface area contributed by atoms with Gasteiger partial charge in [-0.25, -0.2) is 4.79 Å². The molecule has 0 unspecified atom stereocenters. The van der Waals surface area contributed by atoms with Gasteiger partial charge in [0.15, 0.2) is 17.6 Å². The fourth-order valence-corrected chi connectivity index (χ4v) is 1.77. The van der Waals surface area contributed by atoms with Crippen molar-refractivity contribution < 1.29 is 42.2 Å². The lowest BCUT2D eigenvalue weighted by molar-refractivity contribution is -0.153. The highest BCUT2D eigenvalue weighted by Crippen LogP contribution is 2.29. The number of hydrogen-bond acceptors (Lipinski definition) is 7. The Morgan fingerprint density at radius 3 is 2.41 bits per heavy atom. The quantitative estimate of drug-likeness (QED) is 0.537. The van der Waals surface area contributed by atoms with Crippen molar-refractivity contribution in [3.63, 3.8) is 0 Å². The molecule has 0 saturated heterocycles. The number of halogens is 2. The standard InChI is InChI=1S/C15H17F2N3O7/c1-7(12(22)20-15(18)24)26-11(21)6-19-13(23)8-3-4-9(27-14(16)17)10(5-8)25-2/h3-5,7,14H,6H2,1-2H3,(H,19,23)(H3,18,20,22,24)/t7-/m0/s1. The number of nitrogens with two attached hydrogens (primary N) is 1. The molecule has 10 nitrogen and oxygen atoms in total. The van der Waals surface area contributed by atoms with Gasteiger partial charge in [0, 0.05) is 5.56 Å². The molecule has 1 rings (SSSR count). The number of methoxy groups -OCH3 is 1. The minimum atomic E-state index is -3.07. The van der Waals surface area contributed by atoms with Crippen molar-refractivity contribution in [3.8, 4) is 11.5 Å². The van der Waals surface area contributed by atoms with E-state index in [2.05, 4.69) is 10.1 Å². The normalized spacial score (nSPS) is 11.3. The molecule has 0 aliphatic carbocycles. The maximum absolute atomic E-state index is 12.3. The summed E-state index contributed by atoms with van der Waals surface area (Å²) in [7, 11) is 1.20. The summed E-state index contributed by atoms with van der Waals surface area (Å²) in [6.07, 6.45) is -1.31. The summed E-state index contributed by atoms with van der Waals surface area (Å²) in [5.41, 5.74) is 4.76. The van der Waals surface area contributed by atoms with Crippen LogP contribution in [0.5, 0.6) is 11.5 Å². The number of hydrogen-bond donors (Lipinski definition) is 3. The second-order valence-electron chi connectivity index (χ2n) is 4.91. The summed E-state index contributed by atoms with van der Waals surface area (Å²) in [5.74, 6) is -3.00. The first-order chi connectivity index (χ1) is 12.6. The second-order valence-corrected chi connectivity index (χ2v) is 4.91. The average molecular weight is 389 g/mol. The molecule has 4 N–H and O–H groups in total. The maximum atomic E-state index is 12.3. The Balaban J connectivity index is 2.62. The molecule has 148 valence electrons. The van der Waals surface area contributed by atoms with E-state index in [1.165, 1.54) is 20.1 Å². The zero-order chi connectivity index (χ0) is 20.6. The third-order valence-electron chi connectivity index (χ3n) is 2.96. The van der Waals surface area contributed by atoms with Gasteiger partial charge in [0.05, 0.1) is 7.11 Å². The summed E-state index contributed by atoms with van der Waals surface area (Å²) >= 11 is 0. The molecular weight excluding hydrogens is 372 g/mol. The Hall–Kier alpha value is -3.44. The number of carbonyl (C=O) groups excluding carboxylic acids is 4. The summed E-state index contributed by atoms with van der Waals surface area (Å²) in [5, 5.41) is 3.94. The lowest BCUT2D eigenvalue weighted by Gasteiger charge is -2.13. The first-order valence-corrected chi connectivity index (χ1v) is 7.34. The zero-order valence-electron chi connectivity index (χ0n) is 14.3. The highest BCUT2D eigenvalue weighted by atomic mass is 19.3. The van der Waals surface area contributed by atoms with Gasteiger partial charge < -0.3 is 25.3 Å². The van der Waals surface area contributed by atoms with Crippen molar-refractivity contribution in [3.05, 3.63) is 23.8 Å². The Labute approximate surface area is 151 Å². The topological polar surface area (TPSA) is 146 Å². The zero-order valence-corrected chi connectivity index (χ0v) is 14.3. The number of rotatable bonds is 8. The monoisotopic (exact) mass is 389 g/mol. The van der Waals surface area contributed by atoms with Gasteiger partial charge in [-0.15, -0.1) is 0 Å².